The van der Waals surface area contributed by atoms with E-state index in [9.17, 15) is 0 Å². The molecule has 114 valence electrons. The van der Waals surface area contributed by atoms with Crippen LogP contribution in [-0.2, 0) is 6.42 Å². The second-order valence-electron chi connectivity index (χ2n) is 6.43. The van der Waals surface area contributed by atoms with Crippen LogP contribution in [0.1, 0.15) is 77.0 Å². The summed E-state index contributed by atoms with van der Waals surface area (Å²) in [6.07, 6.45) is 7.94. The van der Waals surface area contributed by atoms with E-state index in [1.54, 1.807) is 0 Å². The molecule has 0 fully saturated rings. The quantitative estimate of drug-likeness (QED) is 0.555. The van der Waals surface area contributed by atoms with E-state index in [0.29, 0.717) is 6.04 Å². The number of benzene rings is 1. The Morgan fingerprint density at radius 3 is 2.15 bits per heavy atom. The van der Waals surface area contributed by atoms with Gasteiger partial charge in [0.25, 0.3) is 0 Å². The molecule has 1 rings (SSSR count). The number of rotatable bonds is 10. The standard InChI is InChI=1S/C19H33N/c1-5-6-7-8-9-14-20-17(4)19-12-10-18(11-13-19)15-16(2)3/h10-13,16-17,20H,5-9,14-15H2,1-4H3. The molecule has 0 amide bonds. The van der Waals surface area contributed by atoms with Crippen LogP contribution in [0.5, 0.6) is 0 Å². The topological polar surface area (TPSA) is 12.0 Å². The summed E-state index contributed by atoms with van der Waals surface area (Å²) >= 11 is 0. The number of hydrogen-bond donors (Lipinski definition) is 1. The van der Waals surface area contributed by atoms with Gasteiger partial charge in [-0.25, -0.2) is 0 Å². The second-order valence-corrected chi connectivity index (χ2v) is 6.43. The predicted octanol–water partition coefficient (Wildman–Crippen LogP) is 5.51. The zero-order chi connectivity index (χ0) is 14.8. The highest BCUT2D eigenvalue weighted by molar-refractivity contribution is 5.25. The maximum atomic E-state index is 3.64. The van der Waals surface area contributed by atoms with Crippen LogP contribution in [0, 0.1) is 5.92 Å². The minimum Gasteiger partial charge on any atom is -0.310 e. The van der Waals surface area contributed by atoms with E-state index >= 15 is 0 Å². The lowest BCUT2D eigenvalue weighted by atomic mass is 10.00. The van der Waals surface area contributed by atoms with Crippen molar-refractivity contribution in [3.05, 3.63) is 35.4 Å². The first-order valence-corrected chi connectivity index (χ1v) is 8.45. The van der Waals surface area contributed by atoms with Gasteiger partial charge in [0.2, 0.25) is 0 Å². The molecule has 0 saturated heterocycles. The number of nitrogens with one attached hydrogen (secondary N) is 1. The molecule has 1 aromatic rings. The Balaban J connectivity index is 2.27. The first-order valence-electron chi connectivity index (χ1n) is 8.45. The fraction of sp³-hybridized carbons (Fsp3) is 0.684. The first kappa shape index (κ1) is 17.2. The third-order valence-electron chi connectivity index (χ3n) is 3.85. The summed E-state index contributed by atoms with van der Waals surface area (Å²) in [6.45, 7) is 10.2. The van der Waals surface area contributed by atoms with Gasteiger partial charge in [-0.05, 0) is 43.4 Å². The Bertz CT molecular complexity index is 339. The van der Waals surface area contributed by atoms with Crippen LogP contribution in [0.15, 0.2) is 24.3 Å². The Morgan fingerprint density at radius 1 is 0.900 bits per heavy atom. The van der Waals surface area contributed by atoms with Crippen molar-refractivity contribution < 1.29 is 0 Å². The molecule has 0 aliphatic heterocycles. The Morgan fingerprint density at radius 2 is 1.55 bits per heavy atom. The normalized spacial score (nSPS) is 12.8. The van der Waals surface area contributed by atoms with E-state index < -0.39 is 0 Å². The Labute approximate surface area is 126 Å². The average molecular weight is 275 g/mol. The minimum atomic E-state index is 0.467. The number of hydrogen-bond acceptors (Lipinski definition) is 1. The highest BCUT2D eigenvalue weighted by atomic mass is 14.9. The molecule has 1 unspecified atom stereocenters. The van der Waals surface area contributed by atoms with Crippen LogP contribution >= 0.6 is 0 Å². The molecule has 1 heteroatoms. The van der Waals surface area contributed by atoms with Crippen LogP contribution in [-0.4, -0.2) is 6.54 Å². The maximum absolute atomic E-state index is 3.64. The summed E-state index contributed by atoms with van der Waals surface area (Å²) in [5, 5.41) is 3.64. The first-order chi connectivity index (χ1) is 9.63. The van der Waals surface area contributed by atoms with Crippen molar-refractivity contribution in [2.45, 2.75) is 72.3 Å². The van der Waals surface area contributed by atoms with E-state index in [1.165, 1.54) is 49.7 Å². The molecule has 0 aliphatic rings. The zero-order valence-corrected chi connectivity index (χ0v) is 13.9. The molecule has 0 aromatic heterocycles. The highest BCUT2D eigenvalue weighted by Crippen LogP contribution is 2.15. The second kappa shape index (κ2) is 9.99. The Kier molecular flexibility index (Phi) is 8.60. The smallest absolute Gasteiger partial charge is 0.0291 e. The third kappa shape index (κ3) is 7.09. The molecule has 1 N–H and O–H groups in total. The van der Waals surface area contributed by atoms with E-state index in [2.05, 4.69) is 57.3 Å². The molecule has 1 nitrogen and oxygen atoms in total. The van der Waals surface area contributed by atoms with Gasteiger partial charge >= 0.3 is 0 Å². The molecule has 20 heavy (non-hydrogen) atoms. The van der Waals surface area contributed by atoms with Gasteiger partial charge in [-0.3, -0.25) is 0 Å². The largest absolute Gasteiger partial charge is 0.310 e. The van der Waals surface area contributed by atoms with E-state index in [0.717, 1.165) is 12.5 Å². The maximum Gasteiger partial charge on any atom is 0.0291 e. The lowest BCUT2D eigenvalue weighted by Crippen LogP contribution is -2.19. The monoisotopic (exact) mass is 275 g/mol. The lowest BCUT2D eigenvalue weighted by Gasteiger charge is -2.15. The van der Waals surface area contributed by atoms with Gasteiger partial charge in [0, 0.05) is 6.04 Å². The molecular formula is C19H33N. The minimum absolute atomic E-state index is 0.467. The van der Waals surface area contributed by atoms with Crippen molar-refractivity contribution in [1.82, 2.24) is 5.32 Å². The number of unbranched alkanes of at least 4 members (excludes halogenated alkanes) is 4. The van der Waals surface area contributed by atoms with Crippen LogP contribution in [0.3, 0.4) is 0 Å². The van der Waals surface area contributed by atoms with Gasteiger partial charge in [-0.2, -0.15) is 0 Å². The van der Waals surface area contributed by atoms with Crippen molar-refractivity contribution in [3.8, 4) is 0 Å². The highest BCUT2D eigenvalue weighted by Gasteiger charge is 2.04. The van der Waals surface area contributed by atoms with E-state index in [1.807, 2.05) is 0 Å². The van der Waals surface area contributed by atoms with Gasteiger partial charge < -0.3 is 5.32 Å². The molecule has 0 radical (unpaired) electrons. The molecule has 0 heterocycles. The van der Waals surface area contributed by atoms with E-state index in [4.69, 9.17) is 0 Å². The van der Waals surface area contributed by atoms with Gasteiger partial charge in [-0.1, -0.05) is 70.7 Å². The summed E-state index contributed by atoms with van der Waals surface area (Å²) in [6, 6.07) is 9.61. The SMILES string of the molecule is CCCCCCCNC(C)c1ccc(CC(C)C)cc1. The van der Waals surface area contributed by atoms with Gasteiger partial charge in [-0.15, -0.1) is 0 Å². The van der Waals surface area contributed by atoms with Crippen LogP contribution in [0.2, 0.25) is 0 Å². The molecular weight excluding hydrogens is 242 g/mol. The third-order valence-corrected chi connectivity index (χ3v) is 3.85. The van der Waals surface area contributed by atoms with Gasteiger partial charge in [0.05, 0.1) is 0 Å². The van der Waals surface area contributed by atoms with E-state index in [-0.39, 0.29) is 0 Å². The van der Waals surface area contributed by atoms with Crippen molar-refractivity contribution in [3.63, 3.8) is 0 Å². The molecule has 0 aliphatic carbocycles. The summed E-state index contributed by atoms with van der Waals surface area (Å²) < 4.78 is 0. The van der Waals surface area contributed by atoms with Crippen molar-refractivity contribution in [2.24, 2.45) is 5.92 Å². The fourth-order valence-electron chi connectivity index (χ4n) is 2.58. The predicted molar refractivity (Wildman–Crippen MR) is 90.2 cm³/mol. The Hall–Kier alpha value is -0.820. The average Bonchev–Trinajstić information content (AvgIpc) is 2.42. The molecule has 0 saturated carbocycles. The van der Waals surface area contributed by atoms with Crippen molar-refractivity contribution in [1.29, 1.82) is 0 Å². The summed E-state index contributed by atoms with van der Waals surface area (Å²) in [5.41, 5.74) is 2.86. The van der Waals surface area contributed by atoms with Crippen LogP contribution in [0.4, 0.5) is 0 Å². The molecule has 1 aromatic carbocycles. The summed E-state index contributed by atoms with van der Waals surface area (Å²) in [7, 11) is 0. The van der Waals surface area contributed by atoms with Crippen LogP contribution in [0.25, 0.3) is 0 Å². The molecule has 1 atom stereocenters. The zero-order valence-electron chi connectivity index (χ0n) is 13.9. The summed E-state index contributed by atoms with van der Waals surface area (Å²) in [5.74, 6) is 0.736. The van der Waals surface area contributed by atoms with Crippen molar-refractivity contribution >= 4 is 0 Å². The fourth-order valence-corrected chi connectivity index (χ4v) is 2.58. The van der Waals surface area contributed by atoms with Crippen molar-refractivity contribution in [2.75, 3.05) is 6.54 Å². The lowest BCUT2D eigenvalue weighted by molar-refractivity contribution is 0.531. The van der Waals surface area contributed by atoms with Crippen LogP contribution < -0.4 is 5.32 Å². The van der Waals surface area contributed by atoms with Gasteiger partial charge in [0.15, 0.2) is 0 Å². The molecule has 0 bridgehead atoms. The van der Waals surface area contributed by atoms with Gasteiger partial charge in [0.1, 0.15) is 0 Å². The summed E-state index contributed by atoms with van der Waals surface area (Å²) in [4.78, 5) is 0. The molecule has 0 spiro atoms.